The molecule has 1 unspecified atom stereocenters. The molecule has 0 saturated heterocycles. The Morgan fingerprint density at radius 2 is 1.00 bits per heavy atom. The maximum absolute atomic E-state index is 5.01. The normalized spacial score (nSPS) is 14.7. The first-order chi connectivity index (χ1) is 20.6. The minimum absolute atomic E-state index is 0.318. The second kappa shape index (κ2) is 10.9. The first-order valence-electron chi connectivity index (χ1n) is 14.1. The Balaban J connectivity index is 1.26. The Kier molecular flexibility index (Phi) is 6.61. The minimum atomic E-state index is -0.318. The molecule has 42 heavy (non-hydrogen) atoms. The highest BCUT2D eigenvalue weighted by Crippen LogP contribution is 2.35. The summed E-state index contributed by atoms with van der Waals surface area (Å²) < 4.78 is 0. The molecule has 1 aromatic heterocycles. The largest absolute Gasteiger partial charge is 0.324 e. The van der Waals surface area contributed by atoms with Gasteiger partial charge in [-0.15, -0.1) is 0 Å². The number of aryl methyl sites for hydroxylation is 2. The van der Waals surface area contributed by atoms with Gasteiger partial charge in [0.15, 0.2) is 12.0 Å². The van der Waals surface area contributed by atoms with E-state index in [2.05, 4.69) is 90.2 Å². The molecule has 5 heteroatoms. The van der Waals surface area contributed by atoms with Crippen LogP contribution in [0.3, 0.4) is 0 Å². The van der Waals surface area contributed by atoms with Crippen LogP contribution in [0, 0.1) is 13.8 Å². The fourth-order valence-electron chi connectivity index (χ4n) is 5.51. The van der Waals surface area contributed by atoms with Gasteiger partial charge in [-0.25, -0.2) is 20.0 Å². The Bertz CT molecular complexity index is 1940. The summed E-state index contributed by atoms with van der Waals surface area (Å²) in [6.45, 7) is 4.02. The molecule has 1 N–H and O–H groups in total. The third-order valence-corrected chi connectivity index (χ3v) is 7.50. The van der Waals surface area contributed by atoms with Gasteiger partial charge in [0.1, 0.15) is 11.7 Å². The van der Waals surface area contributed by atoms with Crippen molar-refractivity contribution in [3.8, 4) is 22.5 Å². The third-order valence-electron chi connectivity index (χ3n) is 7.50. The first kappa shape index (κ1) is 25.5. The number of nitrogens with one attached hydrogen (secondary N) is 1. The molecule has 5 nitrogen and oxygen atoms in total. The average molecular weight is 544 g/mol. The van der Waals surface area contributed by atoms with Gasteiger partial charge < -0.3 is 5.32 Å². The summed E-state index contributed by atoms with van der Waals surface area (Å²) >= 11 is 0. The molecule has 202 valence electrons. The lowest BCUT2D eigenvalue weighted by atomic mass is 9.94. The number of rotatable bonds is 5. The summed E-state index contributed by atoms with van der Waals surface area (Å²) in [6.07, 6.45) is -0.318. The van der Waals surface area contributed by atoms with Crippen LogP contribution in [0.5, 0.6) is 0 Å². The van der Waals surface area contributed by atoms with Gasteiger partial charge in [0.25, 0.3) is 0 Å². The van der Waals surface area contributed by atoms with E-state index >= 15 is 0 Å². The van der Waals surface area contributed by atoms with Crippen LogP contribution >= 0.6 is 0 Å². The Morgan fingerprint density at radius 1 is 0.500 bits per heavy atom. The lowest BCUT2D eigenvalue weighted by molar-refractivity contribution is 0.756. The van der Waals surface area contributed by atoms with E-state index in [-0.39, 0.29) is 6.17 Å². The monoisotopic (exact) mass is 543 g/mol. The lowest BCUT2D eigenvalue weighted by Gasteiger charge is -2.22. The third kappa shape index (κ3) is 4.97. The zero-order chi connectivity index (χ0) is 28.5. The van der Waals surface area contributed by atoms with Crippen LogP contribution in [-0.2, 0) is 0 Å². The standard InChI is InChI=1S/C37H29N5/c1-24-23-25(2)39-37(38-24)33-22-21-30(31-15-9-10-16-32(31)33)26-17-19-29(20-18-26)36-41-34(27-11-5-3-6-12-27)40-35(42-36)28-13-7-4-8-14-28/h3-23,34H,1-2H3,(H,40,41,42). The van der Waals surface area contributed by atoms with Crippen molar-refractivity contribution in [2.75, 3.05) is 0 Å². The minimum Gasteiger partial charge on any atom is -0.324 e. The molecule has 0 saturated carbocycles. The van der Waals surface area contributed by atoms with E-state index in [0.717, 1.165) is 67.7 Å². The van der Waals surface area contributed by atoms with Crippen LogP contribution in [0.2, 0.25) is 0 Å². The summed E-state index contributed by atoms with van der Waals surface area (Å²) in [7, 11) is 0. The van der Waals surface area contributed by atoms with Crippen molar-refractivity contribution < 1.29 is 0 Å². The number of aliphatic imine (C=N–C) groups is 2. The summed E-state index contributed by atoms with van der Waals surface area (Å²) in [5.41, 5.74) is 8.37. The van der Waals surface area contributed by atoms with Crippen molar-refractivity contribution in [3.63, 3.8) is 0 Å². The number of hydrogen-bond donors (Lipinski definition) is 1. The molecule has 1 aliphatic heterocycles. The molecule has 0 fully saturated rings. The molecule has 0 spiro atoms. The summed E-state index contributed by atoms with van der Waals surface area (Å²) in [5.74, 6) is 2.38. The van der Waals surface area contributed by atoms with Gasteiger partial charge in [-0.05, 0) is 53.4 Å². The van der Waals surface area contributed by atoms with E-state index in [1.165, 1.54) is 5.39 Å². The number of aromatic nitrogens is 2. The molecule has 5 aromatic carbocycles. The number of nitrogens with zero attached hydrogens (tertiary/aromatic N) is 4. The zero-order valence-electron chi connectivity index (χ0n) is 23.5. The van der Waals surface area contributed by atoms with Crippen LogP contribution in [0.4, 0.5) is 0 Å². The molecule has 0 amide bonds. The number of amidine groups is 2. The summed E-state index contributed by atoms with van der Waals surface area (Å²) in [6, 6.07) is 43.8. The van der Waals surface area contributed by atoms with Gasteiger partial charge in [-0.3, -0.25) is 0 Å². The molecular weight excluding hydrogens is 514 g/mol. The van der Waals surface area contributed by atoms with Crippen LogP contribution in [0.15, 0.2) is 137 Å². The van der Waals surface area contributed by atoms with Crippen LogP contribution in [-0.4, -0.2) is 21.6 Å². The molecule has 6 aromatic rings. The number of benzene rings is 5. The van der Waals surface area contributed by atoms with Crippen molar-refractivity contribution >= 4 is 22.4 Å². The molecule has 1 atom stereocenters. The van der Waals surface area contributed by atoms with E-state index < -0.39 is 0 Å². The lowest BCUT2D eigenvalue weighted by Crippen LogP contribution is -2.36. The van der Waals surface area contributed by atoms with E-state index in [0.29, 0.717) is 0 Å². The van der Waals surface area contributed by atoms with Gasteiger partial charge in [-0.1, -0.05) is 115 Å². The highest BCUT2D eigenvalue weighted by atomic mass is 15.2. The average Bonchev–Trinajstić information content (AvgIpc) is 3.04. The molecule has 7 rings (SSSR count). The topological polar surface area (TPSA) is 62.5 Å². The van der Waals surface area contributed by atoms with Gasteiger partial charge in [0, 0.05) is 28.1 Å². The fourth-order valence-corrected chi connectivity index (χ4v) is 5.51. The Labute approximate surface area is 245 Å². The maximum Gasteiger partial charge on any atom is 0.169 e. The predicted molar refractivity (Wildman–Crippen MR) is 172 cm³/mol. The molecule has 2 heterocycles. The highest BCUT2D eigenvalue weighted by molar-refractivity contribution is 6.16. The Morgan fingerprint density at radius 3 is 1.64 bits per heavy atom. The Hall–Kier alpha value is -5.42. The molecule has 0 radical (unpaired) electrons. The second-order valence-electron chi connectivity index (χ2n) is 10.5. The van der Waals surface area contributed by atoms with Crippen molar-refractivity contribution in [2.24, 2.45) is 9.98 Å². The molecule has 0 aliphatic carbocycles. The molecule has 0 bridgehead atoms. The molecular formula is C37H29N5. The number of fused-ring (bicyclic) bond motifs is 1. The van der Waals surface area contributed by atoms with Gasteiger partial charge >= 0.3 is 0 Å². The smallest absolute Gasteiger partial charge is 0.169 e. The fraction of sp³-hybridized carbons (Fsp3) is 0.0811. The van der Waals surface area contributed by atoms with Gasteiger partial charge in [-0.2, -0.15) is 0 Å². The number of hydrogen-bond acceptors (Lipinski definition) is 5. The summed E-state index contributed by atoms with van der Waals surface area (Å²) in [5, 5.41) is 5.80. The second-order valence-corrected chi connectivity index (χ2v) is 10.5. The maximum atomic E-state index is 5.01. The molecule has 1 aliphatic rings. The van der Waals surface area contributed by atoms with Gasteiger partial charge in [0.2, 0.25) is 0 Å². The van der Waals surface area contributed by atoms with Crippen molar-refractivity contribution in [2.45, 2.75) is 20.0 Å². The van der Waals surface area contributed by atoms with E-state index in [4.69, 9.17) is 20.0 Å². The van der Waals surface area contributed by atoms with Crippen molar-refractivity contribution in [1.29, 1.82) is 0 Å². The van der Waals surface area contributed by atoms with E-state index in [9.17, 15) is 0 Å². The van der Waals surface area contributed by atoms with Crippen LogP contribution in [0.25, 0.3) is 33.3 Å². The first-order valence-corrected chi connectivity index (χ1v) is 14.1. The van der Waals surface area contributed by atoms with E-state index in [1.807, 2.05) is 56.3 Å². The van der Waals surface area contributed by atoms with Crippen molar-refractivity contribution in [3.05, 3.63) is 155 Å². The van der Waals surface area contributed by atoms with Crippen LogP contribution < -0.4 is 5.32 Å². The SMILES string of the molecule is Cc1cc(C)nc(-c2ccc(-c3ccc(C4=NC(c5ccccc5)N=C(c5ccccc5)N4)cc3)c3ccccc23)n1. The van der Waals surface area contributed by atoms with Crippen LogP contribution in [0.1, 0.15) is 34.2 Å². The quantitative estimate of drug-likeness (QED) is 0.239. The summed E-state index contributed by atoms with van der Waals surface area (Å²) in [4.78, 5) is 19.4. The predicted octanol–water partition coefficient (Wildman–Crippen LogP) is 8.08. The van der Waals surface area contributed by atoms with Gasteiger partial charge in [0.05, 0.1) is 0 Å². The van der Waals surface area contributed by atoms with Crippen molar-refractivity contribution in [1.82, 2.24) is 15.3 Å². The van der Waals surface area contributed by atoms with E-state index in [1.54, 1.807) is 0 Å². The highest BCUT2D eigenvalue weighted by Gasteiger charge is 2.20. The zero-order valence-corrected chi connectivity index (χ0v) is 23.5.